The Labute approximate surface area is 169 Å². The monoisotopic (exact) mass is 374 g/mol. The minimum Gasteiger partial charge on any atom is -0.343 e. The maximum atomic E-state index is 2.38. The Morgan fingerprint density at radius 3 is 1.72 bits per heavy atom. The van der Waals surface area contributed by atoms with Crippen LogP contribution >= 0.6 is 0 Å². The molecule has 0 aliphatic carbocycles. The van der Waals surface area contributed by atoms with Crippen molar-refractivity contribution in [2.24, 2.45) is 14.1 Å². The third-order valence-corrected chi connectivity index (χ3v) is 6.50. The zero-order chi connectivity index (χ0) is 19.7. The average molecular weight is 374 g/mol. The van der Waals surface area contributed by atoms with Gasteiger partial charge in [-0.3, -0.25) is 0 Å². The highest BCUT2D eigenvalue weighted by Gasteiger charge is 2.23. The highest BCUT2D eigenvalue weighted by molar-refractivity contribution is 6.29. The number of hydrogen-bond acceptors (Lipinski definition) is 0. The van der Waals surface area contributed by atoms with Crippen LogP contribution in [-0.4, -0.2) is 9.13 Å². The van der Waals surface area contributed by atoms with E-state index >= 15 is 0 Å². The summed E-state index contributed by atoms with van der Waals surface area (Å²) < 4.78 is 4.75. The van der Waals surface area contributed by atoms with Crippen LogP contribution in [0.5, 0.6) is 0 Å². The third kappa shape index (κ3) is 2.01. The van der Waals surface area contributed by atoms with Crippen LogP contribution in [0.1, 0.15) is 5.56 Å². The summed E-state index contributed by atoms with van der Waals surface area (Å²) in [7, 11) is 4.40. The summed E-state index contributed by atoms with van der Waals surface area (Å²) in [5.41, 5.74) is 9.16. The van der Waals surface area contributed by atoms with Gasteiger partial charge in [0.1, 0.15) is 0 Å². The molecule has 0 atom stereocenters. The van der Waals surface area contributed by atoms with Gasteiger partial charge in [0.15, 0.2) is 0 Å². The van der Waals surface area contributed by atoms with Gasteiger partial charge in [0.05, 0.1) is 11.0 Å². The van der Waals surface area contributed by atoms with Crippen molar-refractivity contribution in [1.29, 1.82) is 0 Å². The molecule has 0 amide bonds. The fraction of sp³-hybridized carbons (Fsp3) is 0.111. The lowest BCUT2D eigenvalue weighted by Gasteiger charge is -2.14. The Kier molecular flexibility index (Phi) is 3.25. The number of rotatable bonds is 1. The van der Waals surface area contributed by atoms with Crippen LogP contribution in [0.3, 0.4) is 0 Å². The Hall–Kier alpha value is -3.52. The molecule has 2 heterocycles. The van der Waals surface area contributed by atoms with E-state index in [1.807, 2.05) is 0 Å². The second-order valence-electron chi connectivity index (χ2n) is 7.97. The van der Waals surface area contributed by atoms with Crippen molar-refractivity contribution in [2.75, 3.05) is 0 Å². The third-order valence-electron chi connectivity index (χ3n) is 6.50. The summed E-state index contributed by atoms with van der Waals surface area (Å²) in [6.07, 6.45) is 0. The van der Waals surface area contributed by atoms with Gasteiger partial charge < -0.3 is 9.13 Å². The Bertz CT molecular complexity index is 1560. The highest BCUT2D eigenvalue weighted by Crippen LogP contribution is 2.45. The maximum Gasteiger partial charge on any atom is 0.0593 e. The van der Waals surface area contributed by atoms with Crippen LogP contribution in [0, 0.1) is 6.92 Å². The first-order chi connectivity index (χ1) is 14.2. The van der Waals surface area contributed by atoms with Crippen molar-refractivity contribution in [2.45, 2.75) is 6.92 Å². The quantitative estimate of drug-likeness (QED) is 0.295. The predicted molar refractivity (Wildman–Crippen MR) is 125 cm³/mol. The van der Waals surface area contributed by atoms with Crippen LogP contribution in [0.25, 0.3) is 54.7 Å². The normalized spacial score (nSPS) is 12.0. The highest BCUT2D eigenvalue weighted by atomic mass is 15.0. The fourth-order valence-corrected chi connectivity index (χ4v) is 5.25. The van der Waals surface area contributed by atoms with Crippen LogP contribution in [0.2, 0.25) is 0 Å². The number of fused-ring (bicyclic) bond motifs is 7. The van der Waals surface area contributed by atoms with Crippen LogP contribution in [0.15, 0.2) is 78.9 Å². The standard InChI is InChI=1S/C27H22N2/c1-17-23(18-11-5-4-6-12-18)26-25(20-14-8-10-16-22(20)28(26)2)27-24(17)19-13-7-9-15-21(19)29(27)3/h4-16H,1-3H3. The van der Waals surface area contributed by atoms with Gasteiger partial charge >= 0.3 is 0 Å². The number of nitrogens with zero attached hydrogens (tertiary/aromatic N) is 2. The molecule has 0 saturated heterocycles. The summed E-state index contributed by atoms with van der Waals surface area (Å²) in [5, 5.41) is 5.36. The molecule has 2 heteroatoms. The van der Waals surface area contributed by atoms with E-state index in [1.165, 1.54) is 60.3 Å². The zero-order valence-electron chi connectivity index (χ0n) is 16.9. The summed E-state index contributed by atoms with van der Waals surface area (Å²) >= 11 is 0. The van der Waals surface area contributed by atoms with Gasteiger partial charge in [0.25, 0.3) is 0 Å². The molecule has 29 heavy (non-hydrogen) atoms. The lowest BCUT2D eigenvalue weighted by molar-refractivity contribution is 1.01. The van der Waals surface area contributed by atoms with Crippen LogP contribution in [0.4, 0.5) is 0 Å². The minimum atomic E-state index is 1.27. The summed E-state index contributed by atoms with van der Waals surface area (Å²) in [4.78, 5) is 0. The molecule has 0 N–H and O–H groups in total. The smallest absolute Gasteiger partial charge is 0.0593 e. The van der Waals surface area contributed by atoms with Gasteiger partial charge in [-0.1, -0.05) is 66.7 Å². The largest absolute Gasteiger partial charge is 0.343 e. The molecule has 0 saturated carbocycles. The Morgan fingerprint density at radius 1 is 0.552 bits per heavy atom. The molecule has 2 aromatic heterocycles. The number of aromatic nitrogens is 2. The van der Waals surface area contributed by atoms with Crippen LogP contribution < -0.4 is 0 Å². The number of aryl methyl sites for hydroxylation is 3. The number of para-hydroxylation sites is 2. The second-order valence-corrected chi connectivity index (χ2v) is 7.97. The topological polar surface area (TPSA) is 9.86 Å². The summed E-state index contributed by atoms with van der Waals surface area (Å²) in [6, 6.07) is 28.4. The van der Waals surface area contributed by atoms with Gasteiger partial charge in [0.2, 0.25) is 0 Å². The van der Waals surface area contributed by atoms with Gasteiger partial charge in [-0.15, -0.1) is 0 Å². The number of benzene rings is 4. The molecule has 0 aliphatic rings. The van der Waals surface area contributed by atoms with Gasteiger partial charge in [-0.25, -0.2) is 0 Å². The molecule has 0 radical (unpaired) electrons. The van der Waals surface area contributed by atoms with Crippen molar-refractivity contribution in [3.63, 3.8) is 0 Å². The van der Waals surface area contributed by atoms with E-state index in [0.717, 1.165) is 0 Å². The lowest BCUT2D eigenvalue weighted by Crippen LogP contribution is -1.95. The zero-order valence-corrected chi connectivity index (χ0v) is 16.9. The fourth-order valence-electron chi connectivity index (χ4n) is 5.25. The van der Waals surface area contributed by atoms with E-state index < -0.39 is 0 Å². The summed E-state index contributed by atoms with van der Waals surface area (Å²) in [6.45, 7) is 2.29. The molecule has 140 valence electrons. The van der Waals surface area contributed by atoms with E-state index in [-0.39, 0.29) is 0 Å². The average Bonchev–Trinajstić information content (AvgIpc) is 3.22. The van der Waals surface area contributed by atoms with Crippen molar-refractivity contribution < 1.29 is 0 Å². The SMILES string of the molecule is Cc1c(-c2ccccc2)c2c(c3ccccc3n2C)c2c1c1ccccc1n2C. The van der Waals surface area contributed by atoms with E-state index in [4.69, 9.17) is 0 Å². The first-order valence-corrected chi connectivity index (χ1v) is 10.1. The first-order valence-electron chi connectivity index (χ1n) is 10.1. The molecule has 0 aliphatic heterocycles. The van der Waals surface area contributed by atoms with E-state index in [0.29, 0.717) is 0 Å². The Morgan fingerprint density at radius 2 is 1.07 bits per heavy atom. The lowest BCUT2D eigenvalue weighted by atomic mass is 9.93. The van der Waals surface area contributed by atoms with Crippen molar-refractivity contribution >= 4 is 43.6 Å². The molecule has 0 unspecified atom stereocenters. The molecule has 6 rings (SSSR count). The van der Waals surface area contributed by atoms with E-state index in [2.05, 4.69) is 109 Å². The van der Waals surface area contributed by atoms with Crippen molar-refractivity contribution in [3.8, 4) is 11.1 Å². The number of hydrogen-bond donors (Lipinski definition) is 0. The molecule has 4 aromatic carbocycles. The van der Waals surface area contributed by atoms with Gasteiger partial charge in [-0.2, -0.15) is 0 Å². The molecule has 0 spiro atoms. The molecular formula is C27H22N2. The Balaban J connectivity index is 2.03. The van der Waals surface area contributed by atoms with E-state index in [9.17, 15) is 0 Å². The predicted octanol–water partition coefficient (Wildman–Crippen LogP) is 6.95. The van der Waals surface area contributed by atoms with Gasteiger partial charge in [-0.05, 0) is 30.2 Å². The molecular weight excluding hydrogens is 352 g/mol. The first kappa shape index (κ1) is 16.4. The molecule has 6 aromatic rings. The molecule has 0 bridgehead atoms. The molecule has 2 nitrogen and oxygen atoms in total. The van der Waals surface area contributed by atoms with Crippen molar-refractivity contribution in [3.05, 3.63) is 84.4 Å². The van der Waals surface area contributed by atoms with E-state index in [1.54, 1.807) is 0 Å². The van der Waals surface area contributed by atoms with Crippen molar-refractivity contribution in [1.82, 2.24) is 9.13 Å². The minimum absolute atomic E-state index is 1.27. The molecule has 0 fully saturated rings. The summed E-state index contributed by atoms with van der Waals surface area (Å²) in [5.74, 6) is 0. The van der Waals surface area contributed by atoms with Crippen LogP contribution in [-0.2, 0) is 14.1 Å². The van der Waals surface area contributed by atoms with Gasteiger partial charge in [0, 0.05) is 52.2 Å². The maximum absolute atomic E-state index is 2.38. The second kappa shape index (κ2) is 5.74.